The van der Waals surface area contributed by atoms with Crippen LogP contribution in [0.5, 0.6) is 0 Å². The molecule has 0 aliphatic heterocycles. The first kappa shape index (κ1) is 17.4. The molecule has 1 fully saturated rings. The number of hydrogen-bond donors (Lipinski definition) is 1. The molecule has 0 radical (unpaired) electrons. The van der Waals surface area contributed by atoms with Crippen molar-refractivity contribution in [3.05, 3.63) is 71.3 Å². The molecule has 1 saturated carbocycles. The summed E-state index contributed by atoms with van der Waals surface area (Å²) in [5, 5.41) is 2.73. The van der Waals surface area contributed by atoms with E-state index in [4.69, 9.17) is 4.74 Å². The number of alkyl carbamates (subject to hydrolysis) is 1. The number of ether oxygens (including phenoxy) is 1. The third-order valence-corrected chi connectivity index (χ3v) is 5.11. The number of amides is 1. The summed E-state index contributed by atoms with van der Waals surface area (Å²) in [7, 11) is 0. The Morgan fingerprint density at radius 3 is 2.44 bits per heavy atom. The van der Waals surface area contributed by atoms with Gasteiger partial charge in [0.05, 0.1) is 0 Å². The Bertz CT molecular complexity index is 777. The van der Waals surface area contributed by atoms with Crippen LogP contribution >= 0.6 is 0 Å². The summed E-state index contributed by atoms with van der Waals surface area (Å²) in [5.74, 6) is -1.19. The Balaban J connectivity index is 1.64. The van der Waals surface area contributed by atoms with E-state index < -0.39 is 23.1 Å². The number of halogens is 2. The van der Waals surface area contributed by atoms with E-state index in [1.165, 1.54) is 12.1 Å². The van der Waals surface area contributed by atoms with E-state index >= 15 is 0 Å². The van der Waals surface area contributed by atoms with Crippen molar-refractivity contribution in [2.24, 2.45) is 5.41 Å². The highest BCUT2D eigenvalue weighted by Crippen LogP contribution is 2.64. The van der Waals surface area contributed by atoms with Crippen LogP contribution in [0.1, 0.15) is 31.4 Å². The molecule has 2 aromatic rings. The van der Waals surface area contributed by atoms with Crippen LogP contribution in [0.2, 0.25) is 0 Å². The average Bonchev–Trinajstić information content (AvgIpc) is 3.14. The maximum atomic E-state index is 14.2. The van der Waals surface area contributed by atoms with Gasteiger partial charge in [0.15, 0.2) is 0 Å². The lowest BCUT2D eigenvalue weighted by atomic mass is 9.87. The molecule has 132 valence electrons. The summed E-state index contributed by atoms with van der Waals surface area (Å²) < 4.78 is 32.6. The quantitative estimate of drug-likeness (QED) is 0.863. The van der Waals surface area contributed by atoms with Crippen LogP contribution in [0, 0.1) is 17.0 Å². The van der Waals surface area contributed by atoms with Gasteiger partial charge in [0.2, 0.25) is 0 Å². The third-order valence-electron chi connectivity index (χ3n) is 5.11. The number of nitrogens with one attached hydrogen (secondary N) is 1. The summed E-state index contributed by atoms with van der Waals surface area (Å²) in [6.45, 7) is 4.43. The van der Waals surface area contributed by atoms with Gasteiger partial charge in [-0.15, -0.1) is 0 Å². The zero-order valence-electron chi connectivity index (χ0n) is 14.3. The van der Waals surface area contributed by atoms with E-state index in [9.17, 15) is 13.6 Å². The van der Waals surface area contributed by atoms with Gasteiger partial charge in [-0.3, -0.25) is 0 Å². The SMILES string of the molecule is CC1(C)CC1(CNC(=O)OCc1ccccc1)c1ccc(F)cc1F. The van der Waals surface area contributed by atoms with Crippen molar-refractivity contribution in [3.8, 4) is 0 Å². The lowest BCUT2D eigenvalue weighted by Gasteiger charge is -2.22. The molecular weight excluding hydrogens is 324 g/mol. The molecular formula is C20H21F2NO2. The molecule has 25 heavy (non-hydrogen) atoms. The first-order valence-corrected chi connectivity index (χ1v) is 8.24. The van der Waals surface area contributed by atoms with Crippen LogP contribution in [0.4, 0.5) is 13.6 Å². The summed E-state index contributed by atoms with van der Waals surface area (Å²) in [6.07, 6.45) is 0.162. The van der Waals surface area contributed by atoms with Crippen molar-refractivity contribution >= 4 is 6.09 Å². The fourth-order valence-electron chi connectivity index (χ4n) is 3.44. The van der Waals surface area contributed by atoms with E-state index in [0.717, 1.165) is 11.6 Å². The Kier molecular flexibility index (Phi) is 4.50. The van der Waals surface area contributed by atoms with Crippen molar-refractivity contribution in [2.75, 3.05) is 6.54 Å². The molecule has 0 spiro atoms. The summed E-state index contributed by atoms with van der Waals surface area (Å²) in [5.41, 5.74) is 0.598. The molecule has 0 saturated heterocycles. The number of rotatable bonds is 5. The Morgan fingerprint density at radius 2 is 1.84 bits per heavy atom. The molecule has 1 aliphatic carbocycles. The lowest BCUT2D eigenvalue weighted by molar-refractivity contribution is 0.138. The van der Waals surface area contributed by atoms with Crippen molar-refractivity contribution in [3.63, 3.8) is 0 Å². The van der Waals surface area contributed by atoms with Gasteiger partial charge >= 0.3 is 6.09 Å². The fourth-order valence-corrected chi connectivity index (χ4v) is 3.44. The summed E-state index contributed by atoms with van der Waals surface area (Å²) >= 11 is 0. The summed E-state index contributed by atoms with van der Waals surface area (Å²) in [4.78, 5) is 12.0. The number of hydrogen-bond acceptors (Lipinski definition) is 2. The fraction of sp³-hybridized carbons (Fsp3) is 0.350. The standard InChI is InChI=1S/C20H21F2NO2/c1-19(2)12-20(19,16-9-8-15(21)10-17(16)22)13-23-18(24)25-11-14-6-4-3-5-7-14/h3-10H,11-13H2,1-2H3,(H,23,24). The third kappa shape index (κ3) is 3.50. The van der Waals surface area contributed by atoms with Gasteiger partial charge in [0.1, 0.15) is 18.2 Å². The number of carbonyl (C=O) groups is 1. The molecule has 1 atom stereocenters. The highest BCUT2D eigenvalue weighted by atomic mass is 19.1. The highest BCUT2D eigenvalue weighted by molar-refractivity contribution is 5.67. The van der Waals surface area contributed by atoms with Gasteiger partial charge in [0.25, 0.3) is 0 Å². The molecule has 0 aromatic heterocycles. The maximum absolute atomic E-state index is 14.2. The van der Waals surface area contributed by atoms with Gasteiger partial charge in [-0.1, -0.05) is 50.2 Å². The Morgan fingerprint density at radius 1 is 1.16 bits per heavy atom. The molecule has 1 aliphatic rings. The van der Waals surface area contributed by atoms with E-state index in [0.29, 0.717) is 12.0 Å². The molecule has 0 bridgehead atoms. The minimum Gasteiger partial charge on any atom is -0.445 e. The van der Waals surface area contributed by atoms with E-state index in [2.05, 4.69) is 5.32 Å². The van der Waals surface area contributed by atoms with E-state index in [-0.39, 0.29) is 18.6 Å². The molecule has 1 unspecified atom stereocenters. The second-order valence-electron chi connectivity index (χ2n) is 7.18. The minimum absolute atomic E-state index is 0.175. The molecule has 5 heteroatoms. The smallest absolute Gasteiger partial charge is 0.407 e. The highest BCUT2D eigenvalue weighted by Gasteiger charge is 2.62. The van der Waals surface area contributed by atoms with Crippen molar-refractivity contribution in [1.82, 2.24) is 5.32 Å². The maximum Gasteiger partial charge on any atom is 0.407 e. The van der Waals surface area contributed by atoms with Gasteiger partial charge < -0.3 is 10.1 Å². The van der Waals surface area contributed by atoms with Crippen molar-refractivity contribution in [2.45, 2.75) is 32.3 Å². The average molecular weight is 345 g/mol. The topological polar surface area (TPSA) is 38.3 Å². The lowest BCUT2D eigenvalue weighted by Crippen LogP contribution is -2.35. The predicted octanol–water partition coefficient (Wildman–Crippen LogP) is 4.56. The van der Waals surface area contributed by atoms with Crippen molar-refractivity contribution < 1.29 is 18.3 Å². The van der Waals surface area contributed by atoms with E-state index in [1.807, 2.05) is 44.2 Å². The van der Waals surface area contributed by atoms with Gasteiger partial charge in [-0.2, -0.15) is 0 Å². The second kappa shape index (κ2) is 6.47. The summed E-state index contributed by atoms with van der Waals surface area (Å²) in [6, 6.07) is 13.0. The second-order valence-corrected chi connectivity index (χ2v) is 7.18. The van der Waals surface area contributed by atoms with Crippen LogP contribution in [-0.4, -0.2) is 12.6 Å². The van der Waals surface area contributed by atoms with Crippen LogP contribution in [-0.2, 0) is 16.8 Å². The molecule has 3 nitrogen and oxygen atoms in total. The molecule has 1 amide bonds. The van der Waals surface area contributed by atoms with Crippen LogP contribution in [0.25, 0.3) is 0 Å². The minimum atomic E-state index is -0.606. The molecule has 0 heterocycles. The van der Waals surface area contributed by atoms with Crippen LogP contribution in [0.15, 0.2) is 48.5 Å². The van der Waals surface area contributed by atoms with Crippen LogP contribution < -0.4 is 5.32 Å². The van der Waals surface area contributed by atoms with Gasteiger partial charge in [-0.25, -0.2) is 13.6 Å². The monoisotopic (exact) mass is 345 g/mol. The zero-order valence-corrected chi connectivity index (χ0v) is 14.3. The first-order valence-electron chi connectivity index (χ1n) is 8.24. The Labute approximate surface area is 146 Å². The number of carbonyl (C=O) groups excluding carboxylic acids is 1. The van der Waals surface area contributed by atoms with Crippen molar-refractivity contribution in [1.29, 1.82) is 0 Å². The largest absolute Gasteiger partial charge is 0.445 e. The Hall–Kier alpha value is -2.43. The van der Waals surface area contributed by atoms with Gasteiger partial charge in [0, 0.05) is 18.0 Å². The predicted molar refractivity (Wildman–Crippen MR) is 91.1 cm³/mol. The normalized spacial score (nSPS) is 20.8. The molecule has 1 N–H and O–H groups in total. The van der Waals surface area contributed by atoms with Gasteiger partial charge in [-0.05, 0) is 29.0 Å². The van der Waals surface area contributed by atoms with Crippen LogP contribution in [0.3, 0.4) is 0 Å². The zero-order chi connectivity index (χ0) is 18.1. The first-order chi connectivity index (χ1) is 11.8. The van der Waals surface area contributed by atoms with E-state index in [1.54, 1.807) is 0 Å². The molecule has 3 rings (SSSR count). The molecule has 2 aromatic carbocycles. The number of benzene rings is 2.